The number of unbranched alkanes of at least 4 members (excludes halogenated alkanes) is 1. The van der Waals surface area contributed by atoms with Crippen LogP contribution in [-0.4, -0.2) is 107 Å². The molecule has 2 heterocycles. The standard InChI is InChI=1S/C26H40O5.C19H27N5O3/c1-19(2)31-26(30)13-9-4-3-8-12-22-23(25(29)18-24(22)28)17-16-21(27)15-14-20-10-6-5-7-11-20;1-4-6-17(25)23-7-5-8-24(10-9-23)19-21-14-12-16(27-3)15(26-2)11-13(14)18(20)22-19/h3,5-8,10-11,19,21-25,27-29H,4,9,12-18H2,1-2H3;11-12H,4-10H2,1-3H3,(H2,20,21,22)/b8-3-;/t21-,22+,23+,24-,25+;/m0./s1. The third-order valence-electron chi connectivity index (χ3n) is 11.0. The number of carbonyl (C=O) groups is 2. The van der Waals surface area contributed by atoms with Crippen molar-refractivity contribution in [3.8, 4) is 11.5 Å². The second-order valence-electron chi connectivity index (χ2n) is 15.7. The Hall–Kier alpha value is -4.46. The zero-order chi connectivity index (χ0) is 42.0. The molecule has 5 rings (SSSR count). The van der Waals surface area contributed by atoms with Gasteiger partial charge in [0.2, 0.25) is 11.9 Å². The first kappa shape index (κ1) is 46.2. The van der Waals surface area contributed by atoms with Crippen molar-refractivity contribution in [2.45, 2.75) is 122 Å². The molecule has 0 bridgehead atoms. The van der Waals surface area contributed by atoms with Crippen molar-refractivity contribution >= 4 is 34.5 Å². The van der Waals surface area contributed by atoms with Crippen molar-refractivity contribution in [1.29, 1.82) is 0 Å². The number of hydrogen-bond acceptors (Lipinski definition) is 12. The van der Waals surface area contributed by atoms with Crippen LogP contribution in [0.2, 0.25) is 0 Å². The Morgan fingerprint density at radius 2 is 1.66 bits per heavy atom. The Morgan fingerprint density at radius 3 is 2.36 bits per heavy atom. The van der Waals surface area contributed by atoms with E-state index in [2.05, 4.69) is 33.1 Å². The summed E-state index contributed by atoms with van der Waals surface area (Å²) in [6, 6.07) is 13.7. The molecule has 0 spiro atoms. The van der Waals surface area contributed by atoms with Gasteiger partial charge in [-0.05, 0) is 102 Å². The molecule has 1 aliphatic heterocycles. The number of aromatic nitrogens is 2. The number of aliphatic hydroxyl groups is 3. The first-order valence-electron chi connectivity index (χ1n) is 21.1. The van der Waals surface area contributed by atoms with Crippen LogP contribution in [0.5, 0.6) is 11.5 Å². The maximum Gasteiger partial charge on any atom is 0.306 e. The summed E-state index contributed by atoms with van der Waals surface area (Å²) in [5.74, 6) is 2.24. The average molecular weight is 806 g/mol. The topological polar surface area (TPSA) is 181 Å². The van der Waals surface area contributed by atoms with Gasteiger partial charge in [-0.25, -0.2) is 4.98 Å². The molecule has 0 unspecified atom stereocenters. The van der Waals surface area contributed by atoms with E-state index in [1.807, 2.05) is 56.0 Å². The van der Waals surface area contributed by atoms with Gasteiger partial charge in [-0.1, -0.05) is 49.4 Å². The molecular weight excluding hydrogens is 739 g/mol. The van der Waals surface area contributed by atoms with Crippen molar-refractivity contribution in [2.24, 2.45) is 11.8 Å². The Morgan fingerprint density at radius 1 is 0.931 bits per heavy atom. The largest absolute Gasteiger partial charge is 0.493 e. The number of esters is 1. The fourth-order valence-electron chi connectivity index (χ4n) is 7.82. The van der Waals surface area contributed by atoms with Crippen LogP contribution < -0.4 is 20.1 Å². The predicted molar refractivity (Wildman–Crippen MR) is 228 cm³/mol. The van der Waals surface area contributed by atoms with Crippen LogP contribution in [0.1, 0.15) is 97.0 Å². The Balaban J connectivity index is 0.000000259. The SMILES string of the molecule is CC(C)OC(=O)CCC/C=C\C[C@@H]1[C@@H](CC[C@@H](O)CCc2ccccc2)[C@H](O)C[C@@H]1O.CCCC(=O)N1CCCN(c2nc(N)c3cc(OC)c(OC)cc3n2)CC1. The van der Waals surface area contributed by atoms with Crippen LogP contribution in [0, 0.1) is 11.8 Å². The number of amides is 1. The second kappa shape index (κ2) is 23.8. The van der Waals surface area contributed by atoms with Crippen molar-refractivity contribution in [3.63, 3.8) is 0 Å². The minimum atomic E-state index is -0.513. The molecule has 5 N–H and O–H groups in total. The van der Waals surface area contributed by atoms with Crippen LogP contribution in [-0.2, 0) is 20.7 Å². The lowest BCUT2D eigenvalue weighted by atomic mass is 9.85. The number of hydrogen-bond donors (Lipinski definition) is 4. The number of anilines is 2. The van der Waals surface area contributed by atoms with E-state index in [0.717, 1.165) is 50.6 Å². The zero-order valence-corrected chi connectivity index (χ0v) is 35.2. The highest BCUT2D eigenvalue weighted by Crippen LogP contribution is 2.39. The number of allylic oxidation sites excluding steroid dienone is 2. The molecule has 13 heteroatoms. The molecule has 5 atom stereocenters. The number of nitrogens with two attached hydrogens (primary N) is 1. The average Bonchev–Trinajstić information content (AvgIpc) is 3.33. The van der Waals surface area contributed by atoms with Crippen LogP contribution in [0.25, 0.3) is 10.9 Å². The monoisotopic (exact) mass is 805 g/mol. The summed E-state index contributed by atoms with van der Waals surface area (Å²) in [5, 5.41) is 31.9. The summed E-state index contributed by atoms with van der Waals surface area (Å²) in [5.41, 5.74) is 8.12. The van der Waals surface area contributed by atoms with Gasteiger partial charge in [0.1, 0.15) is 5.82 Å². The number of nitrogens with zero attached hydrogens (tertiary/aromatic N) is 4. The number of rotatable bonds is 18. The minimum Gasteiger partial charge on any atom is -0.493 e. The number of ether oxygens (including phenoxy) is 3. The quantitative estimate of drug-likeness (QED) is 0.0646. The first-order valence-corrected chi connectivity index (χ1v) is 21.1. The van der Waals surface area contributed by atoms with Crippen molar-refractivity contribution in [1.82, 2.24) is 14.9 Å². The van der Waals surface area contributed by atoms with E-state index < -0.39 is 18.3 Å². The lowest BCUT2D eigenvalue weighted by molar-refractivity contribution is -0.147. The number of aliphatic hydroxyl groups excluding tert-OH is 3. The molecule has 3 aromatic rings. The third kappa shape index (κ3) is 14.1. The Labute approximate surface area is 344 Å². The Kier molecular flexibility index (Phi) is 19.0. The molecule has 2 aromatic carbocycles. The van der Waals surface area contributed by atoms with E-state index in [-0.39, 0.29) is 29.8 Å². The third-order valence-corrected chi connectivity index (χ3v) is 11.0. The number of aryl methyl sites for hydroxylation is 1. The smallest absolute Gasteiger partial charge is 0.306 e. The summed E-state index contributed by atoms with van der Waals surface area (Å²) in [7, 11) is 3.17. The van der Waals surface area contributed by atoms with Crippen LogP contribution >= 0.6 is 0 Å². The molecule has 1 saturated carbocycles. The lowest BCUT2D eigenvalue weighted by Crippen LogP contribution is -2.35. The van der Waals surface area contributed by atoms with Crippen molar-refractivity contribution in [3.05, 3.63) is 60.2 Å². The van der Waals surface area contributed by atoms with Crippen molar-refractivity contribution < 1.29 is 39.1 Å². The number of fused-ring (bicyclic) bond motifs is 1. The zero-order valence-electron chi connectivity index (χ0n) is 35.2. The second-order valence-corrected chi connectivity index (χ2v) is 15.7. The Bertz CT molecular complexity index is 1740. The summed E-state index contributed by atoms with van der Waals surface area (Å²) in [6.45, 7) is 8.63. The van der Waals surface area contributed by atoms with Gasteiger partial charge in [0.25, 0.3) is 0 Å². The molecule has 2 fully saturated rings. The molecule has 1 saturated heterocycles. The molecule has 1 aliphatic carbocycles. The molecular formula is C45H67N5O8. The van der Waals surface area contributed by atoms with Crippen LogP contribution in [0.3, 0.4) is 0 Å². The molecule has 0 radical (unpaired) electrons. The van der Waals surface area contributed by atoms with Gasteiger partial charge in [-0.15, -0.1) is 0 Å². The summed E-state index contributed by atoms with van der Waals surface area (Å²) in [4.78, 5) is 36.9. The highest BCUT2D eigenvalue weighted by Gasteiger charge is 2.40. The summed E-state index contributed by atoms with van der Waals surface area (Å²) >= 11 is 0. The van der Waals surface area contributed by atoms with Gasteiger partial charge < -0.3 is 45.1 Å². The molecule has 320 valence electrons. The van der Waals surface area contributed by atoms with E-state index >= 15 is 0 Å². The van der Waals surface area contributed by atoms with Gasteiger partial charge in [-0.2, -0.15) is 4.98 Å². The number of nitrogen functional groups attached to an aromatic ring is 1. The maximum absolute atomic E-state index is 12.2. The predicted octanol–water partition coefficient (Wildman–Crippen LogP) is 6.25. The van der Waals surface area contributed by atoms with Gasteiger partial charge in [0.15, 0.2) is 11.5 Å². The van der Waals surface area contributed by atoms with E-state index in [1.165, 1.54) is 5.56 Å². The van der Waals surface area contributed by atoms with E-state index in [0.29, 0.717) is 86.8 Å². The number of benzene rings is 2. The van der Waals surface area contributed by atoms with E-state index in [4.69, 9.17) is 19.9 Å². The minimum absolute atomic E-state index is 0.00652. The maximum atomic E-state index is 12.2. The first-order chi connectivity index (χ1) is 27.9. The van der Waals surface area contributed by atoms with Gasteiger partial charge >= 0.3 is 5.97 Å². The van der Waals surface area contributed by atoms with E-state index in [9.17, 15) is 24.9 Å². The highest BCUT2D eigenvalue weighted by atomic mass is 16.5. The van der Waals surface area contributed by atoms with Gasteiger partial charge in [-0.3, -0.25) is 9.59 Å². The van der Waals surface area contributed by atoms with Crippen LogP contribution in [0.4, 0.5) is 11.8 Å². The number of methoxy groups -OCH3 is 2. The number of carbonyl (C=O) groups excluding carboxylic acids is 2. The summed E-state index contributed by atoms with van der Waals surface area (Å²) in [6.07, 6.45) is 10.9. The molecule has 1 amide bonds. The van der Waals surface area contributed by atoms with Gasteiger partial charge in [0.05, 0.1) is 44.2 Å². The van der Waals surface area contributed by atoms with Crippen LogP contribution in [0.15, 0.2) is 54.6 Å². The van der Waals surface area contributed by atoms with E-state index in [1.54, 1.807) is 20.3 Å². The molecule has 2 aliphatic rings. The molecule has 58 heavy (non-hydrogen) atoms. The fourth-order valence-corrected chi connectivity index (χ4v) is 7.82. The highest BCUT2D eigenvalue weighted by molar-refractivity contribution is 5.91. The lowest BCUT2D eigenvalue weighted by Gasteiger charge is -2.23. The molecule has 1 aromatic heterocycles. The normalized spacial score (nSPS) is 20.2. The van der Waals surface area contributed by atoms with Crippen molar-refractivity contribution in [2.75, 3.05) is 51.0 Å². The van der Waals surface area contributed by atoms with Gasteiger partial charge in [0, 0.05) is 50.5 Å². The summed E-state index contributed by atoms with van der Waals surface area (Å²) < 4.78 is 15.8. The molecule has 13 nitrogen and oxygen atoms in total. The fraction of sp³-hybridized carbons (Fsp3) is 0.600.